The van der Waals surface area contributed by atoms with Gasteiger partial charge in [-0.2, -0.15) is 0 Å². The van der Waals surface area contributed by atoms with Gasteiger partial charge in [-0.25, -0.2) is 15.0 Å². The molecule has 0 amide bonds. The maximum absolute atomic E-state index is 6.06. The fraction of sp³-hybridized carbons (Fsp3) is 0. The number of ether oxygens (including phenoxy) is 1. The summed E-state index contributed by atoms with van der Waals surface area (Å²) in [5.41, 5.74) is 5.49. The van der Waals surface area contributed by atoms with Crippen LogP contribution in [0.4, 0.5) is 0 Å². The van der Waals surface area contributed by atoms with Crippen molar-refractivity contribution in [1.82, 2.24) is 24.9 Å². The van der Waals surface area contributed by atoms with E-state index in [-0.39, 0.29) is 0 Å². The van der Waals surface area contributed by atoms with Gasteiger partial charge in [-0.05, 0) is 42.5 Å². The van der Waals surface area contributed by atoms with E-state index in [0.717, 1.165) is 39.1 Å². The van der Waals surface area contributed by atoms with Gasteiger partial charge < -0.3 is 14.7 Å². The number of hydrogen-bond acceptors (Lipinski definition) is 4. The molecule has 0 atom stereocenters. The monoisotopic (exact) mass is 403 g/mol. The summed E-state index contributed by atoms with van der Waals surface area (Å²) in [6.07, 6.45) is 0. The molecule has 3 heterocycles. The Morgan fingerprint density at radius 2 is 1.26 bits per heavy atom. The molecule has 2 N–H and O–H groups in total. The summed E-state index contributed by atoms with van der Waals surface area (Å²) in [5, 5.41) is 0. The number of aromatic nitrogens is 5. The molecular weight excluding hydrogens is 386 g/mol. The minimum absolute atomic E-state index is 0.500. The van der Waals surface area contributed by atoms with Gasteiger partial charge in [0.05, 0.1) is 22.1 Å². The van der Waals surface area contributed by atoms with Gasteiger partial charge in [0.1, 0.15) is 17.3 Å². The van der Waals surface area contributed by atoms with Crippen LogP contribution in [0.15, 0.2) is 91.0 Å². The van der Waals surface area contributed by atoms with Gasteiger partial charge in [0.25, 0.3) is 0 Å². The van der Waals surface area contributed by atoms with Gasteiger partial charge >= 0.3 is 0 Å². The molecule has 6 rings (SSSR count). The summed E-state index contributed by atoms with van der Waals surface area (Å²) in [5.74, 6) is 2.70. The quantitative estimate of drug-likeness (QED) is 0.381. The molecule has 6 heteroatoms. The van der Waals surface area contributed by atoms with Gasteiger partial charge in [0, 0.05) is 11.6 Å². The van der Waals surface area contributed by atoms with Crippen LogP contribution in [0.5, 0.6) is 11.6 Å². The number of H-pyrrole nitrogens is 2. The van der Waals surface area contributed by atoms with Gasteiger partial charge in [-0.3, -0.25) is 0 Å². The molecule has 0 aliphatic heterocycles. The molecule has 148 valence electrons. The number of rotatable bonds is 4. The van der Waals surface area contributed by atoms with E-state index in [1.807, 2.05) is 91.0 Å². The average molecular weight is 403 g/mol. The maximum atomic E-state index is 6.06. The van der Waals surface area contributed by atoms with Crippen LogP contribution in [0.2, 0.25) is 0 Å². The lowest BCUT2D eigenvalue weighted by molar-refractivity contribution is 0.463. The normalized spacial score (nSPS) is 11.2. The number of para-hydroxylation sites is 4. The number of hydrogen-bond donors (Lipinski definition) is 2. The molecule has 0 aliphatic carbocycles. The second kappa shape index (κ2) is 7.11. The largest absolute Gasteiger partial charge is 0.439 e. The molecule has 3 aromatic heterocycles. The van der Waals surface area contributed by atoms with Crippen LogP contribution in [-0.4, -0.2) is 24.9 Å². The first-order valence-electron chi connectivity index (χ1n) is 9.97. The summed E-state index contributed by atoms with van der Waals surface area (Å²) in [6, 6.07) is 29.3. The Morgan fingerprint density at radius 1 is 0.581 bits per heavy atom. The van der Waals surface area contributed by atoms with Gasteiger partial charge in [-0.15, -0.1) is 0 Å². The van der Waals surface area contributed by atoms with Crippen LogP contribution in [0.3, 0.4) is 0 Å². The first-order chi connectivity index (χ1) is 15.3. The zero-order chi connectivity index (χ0) is 20.6. The van der Waals surface area contributed by atoms with Crippen molar-refractivity contribution in [2.45, 2.75) is 0 Å². The first-order valence-corrected chi connectivity index (χ1v) is 9.97. The van der Waals surface area contributed by atoms with Crippen LogP contribution in [-0.2, 0) is 0 Å². The highest BCUT2D eigenvalue weighted by Gasteiger charge is 2.10. The van der Waals surface area contributed by atoms with Crippen molar-refractivity contribution >= 4 is 22.1 Å². The van der Waals surface area contributed by atoms with Crippen molar-refractivity contribution < 1.29 is 4.74 Å². The van der Waals surface area contributed by atoms with Gasteiger partial charge in [0.15, 0.2) is 5.82 Å². The highest BCUT2D eigenvalue weighted by Crippen LogP contribution is 2.28. The molecule has 0 unspecified atom stereocenters. The lowest BCUT2D eigenvalue weighted by atomic mass is 10.2. The van der Waals surface area contributed by atoms with Gasteiger partial charge in [0.2, 0.25) is 5.88 Å². The van der Waals surface area contributed by atoms with E-state index in [0.29, 0.717) is 17.5 Å². The molecular formula is C25H17N5O. The number of fused-ring (bicyclic) bond motifs is 2. The molecule has 3 aromatic carbocycles. The van der Waals surface area contributed by atoms with Crippen LogP contribution < -0.4 is 4.74 Å². The van der Waals surface area contributed by atoms with Crippen molar-refractivity contribution in [2.75, 3.05) is 0 Å². The van der Waals surface area contributed by atoms with Crippen molar-refractivity contribution in [3.8, 4) is 34.5 Å². The minimum Gasteiger partial charge on any atom is -0.439 e. The predicted octanol–water partition coefficient (Wildman–Crippen LogP) is 5.96. The Hall–Kier alpha value is -4.45. The molecule has 0 bridgehead atoms. The molecule has 0 spiro atoms. The molecule has 0 fully saturated rings. The zero-order valence-electron chi connectivity index (χ0n) is 16.4. The van der Waals surface area contributed by atoms with Crippen molar-refractivity contribution in [1.29, 1.82) is 0 Å². The number of nitrogens with one attached hydrogen (secondary N) is 2. The van der Waals surface area contributed by atoms with E-state index in [2.05, 4.69) is 24.9 Å². The SMILES string of the molecule is c1cc(Oc2cccc(-c3nc4ccccc4[nH]3)n2)cc(-c2nc3ccccc3[nH]2)c1. The van der Waals surface area contributed by atoms with Crippen molar-refractivity contribution in [2.24, 2.45) is 0 Å². The molecule has 0 radical (unpaired) electrons. The van der Waals surface area contributed by atoms with E-state index in [4.69, 9.17) is 4.74 Å². The Balaban J connectivity index is 1.30. The Kier molecular flexibility index (Phi) is 3.99. The second-order valence-electron chi connectivity index (χ2n) is 7.20. The lowest BCUT2D eigenvalue weighted by Gasteiger charge is -2.07. The molecule has 6 nitrogen and oxygen atoms in total. The third-order valence-corrected chi connectivity index (χ3v) is 5.07. The highest BCUT2D eigenvalue weighted by atomic mass is 16.5. The Morgan fingerprint density at radius 3 is 2.03 bits per heavy atom. The number of aromatic amines is 2. The maximum Gasteiger partial charge on any atom is 0.219 e. The van der Waals surface area contributed by atoms with E-state index in [1.165, 1.54) is 0 Å². The van der Waals surface area contributed by atoms with Crippen LogP contribution >= 0.6 is 0 Å². The topological polar surface area (TPSA) is 79.5 Å². The molecule has 6 aromatic rings. The standard InChI is InChI=1S/C25H17N5O/c1-2-10-19-18(9-1)27-24(28-19)16-7-5-8-17(15-16)31-23-14-6-13-22(26-23)25-29-20-11-3-4-12-21(20)30-25/h1-15H,(H,27,28)(H,29,30). The van der Waals surface area contributed by atoms with Crippen molar-refractivity contribution in [3.63, 3.8) is 0 Å². The molecule has 0 aliphatic rings. The highest BCUT2D eigenvalue weighted by molar-refractivity contribution is 5.80. The third-order valence-electron chi connectivity index (χ3n) is 5.07. The van der Waals surface area contributed by atoms with E-state index >= 15 is 0 Å². The Bertz CT molecular complexity index is 1350. The van der Waals surface area contributed by atoms with E-state index in [9.17, 15) is 0 Å². The summed E-state index contributed by atoms with van der Waals surface area (Å²) >= 11 is 0. The smallest absolute Gasteiger partial charge is 0.219 e. The van der Waals surface area contributed by atoms with Crippen LogP contribution in [0.1, 0.15) is 0 Å². The average Bonchev–Trinajstić information content (AvgIpc) is 3.44. The zero-order valence-corrected chi connectivity index (χ0v) is 16.4. The second-order valence-corrected chi connectivity index (χ2v) is 7.20. The summed E-state index contributed by atoms with van der Waals surface area (Å²) in [4.78, 5) is 20.6. The lowest BCUT2D eigenvalue weighted by Crippen LogP contribution is -1.92. The summed E-state index contributed by atoms with van der Waals surface area (Å²) in [7, 11) is 0. The third kappa shape index (κ3) is 3.30. The molecule has 0 saturated heterocycles. The van der Waals surface area contributed by atoms with Gasteiger partial charge in [-0.1, -0.05) is 42.5 Å². The fourth-order valence-corrected chi connectivity index (χ4v) is 3.59. The number of pyridine rings is 1. The predicted molar refractivity (Wildman–Crippen MR) is 121 cm³/mol. The molecule has 31 heavy (non-hydrogen) atoms. The van der Waals surface area contributed by atoms with E-state index in [1.54, 1.807) is 0 Å². The summed E-state index contributed by atoms with van der Waals surface area (Å²) < 4.78 is 6.06. The minimum atomic E-state index is 0.500. The number of nitrogens with zero attached hydrogens (tertiary/aromatic N) is 3. The van der Waals surface area contributed by atoms with Crippen molar-refractivity contribution in [3.05, 3.63) is 91.0 Å². The first kappa shape index (κ1) is 17.4. The molecule has 0 saturated carbocycles. The van der Waals surface area contributed by atoms with Crippen LogP contribution in [0.25, 0.3) is 45.0 Å². The number of imidazole rings is 2. The number of benzene rings is 3. The Labute approximate surface area is 177 Å². The van der Waals surface area contributed by atoms with E-state index < -0.39 is 0 Å². The fourth-order valence-electron chi connectivity index (χ4n) is 3.59. The van der Waals surface area contributed by atoms with Crippen LogP contribution in [0, 0.1) is 0 Å². The summed E-state index contributed by atoms with van der Waals surface area (Å²) in [6.45, 7) is 0.